The molecule has 9 heteroatoms. The van der Waals surface area contributed by atoms with Crippen molar-refractivity contribution in [2.45, 2.75) is 19.4 Å². The monoisotopic (exact) mass is 444 g/mol. The number of methoxy groups -OCH3 is 1. The number of H-pyrrole nitrogens is 2. The fraction of sp³-hybridized carbons (Fsp3) is 0.250. The van der Waals surface area contributed by atoms with Crippen molar-refractivity contribution in [3.05, 3.63) is 76.7 Å². The van der Waals surface area contributed by atoms with Gasteiger partial charge in [0.2, 0.25) is 5.82 Å². The normalized spacial score (nSPS) is 13.0. The molecule has 168 valence electrons. The molecule has 1 saturated carbocycles. The van der Waals surface area contributed by atoms with Gasteiger partial charge in [-0.25, -0.2) is 0 Å². The highest BCUT2D eigenvalue weighted by Crippen LogP contribution is 2.37. The lowest BCUT2D eigenvalue weighted by Gasteiger charge is -2.26. The van der Waals surface area contributed by atoms with Gasteiger partial charge in [0, 0.05) is 34.8 Å². The molecule has 2 aromatic carbocycles. The summed E-state index contributed by atoms with van der Waals surface area (Å²) in [4.78, 5) is 17.2. The molecule has 1 fully saturated rings. The number of aromatic nitrogens is 5. The van der Waals surface area contributed by atoms with Crippen LogP contribution >= 0.6 is 0 Å². The molecule has 0 amide bonds. The Morgan fingerprint density at radius 2 is 1.88 bits per heavy atom. The second-order valence-corrected chi connectivity index (χ2v) is 7.98. The van der Waals surface area contributed by atoms with Gasteiger partial charge >= 0.3 is 0 Å². The quantitative estimate of drug-likeness (QED) is 0.405. The third-order valence-corrected chi connectivity index (χ3v) is 5.64. The maximum Gasteiger partial charge on any atom is 0.252 e. The van der Waals surface area contributed by atoms with Gasteiger partial charge in [0.25, 0.3) is 5.56 Å². The first kappa shape index (κ1) is 20.7. The molecule has 0 spiro atoms. The Morgan fingerprint density at radius 1 is 1.06 bits per heavy atom. The highest BCUT2D eigenvalue weighted by molar-refractivity contribution is 5.69. The predicted octanol–water partition coefficient (Wildman–Crippen LogP) is 3.69. The van der Waals surface area contributed by atoms with Crippen LogP contribution in [0.25, 0.3) is 11.4 Å². The van der Waals surface area contributed by atoms with Crippen molar-refractivity contribution in [2.75, 3.05) is 18.6 Å². The molecule has 2 N–H and O–H groups in total. The Morgan fingerprint density at radius 3 is 2.58 bits per heavy atom. The first-order valence-corrected chi connectivity index (χ1v) is 10.8. The second-order valence-electron chi connectivity index (χ2n) is 7.98. The molecule has 5 rings (SSSR count). The maximum atomic E-state index is 12.4. The molecule has 1 aliphatic carbocycles. The number of hydrogen-bond acceptors (Lipinski definition) is 7. The van der Waals surface area contributed by atoms with Crippen LogP contribution in [-0.4, -0.2) is 39.3 Å². The van der Waals surface area contributed by atoms with Crippen LogP contribution in [0, 0.1) is 5.92 Å². The van der Waals surface area contributed by atoms with Crippen LogP contribution in [0.5, 0.6) is 11.5 Å². The van der Waals surface area contributed by atoms with Gasteiger partial charge in [-0.15, -0.1) is 10.2 Å². The number of nitrogens with zero attached hydrogens (tertiary/aromatic N) is 4. The summed E-state index contributed by atoms with van der Waals surface area (Å²) in [7, 11) is 1.64. The molecular weight excluding hydrogens is 420 g/mol. The summed E-state index contributed by atoms with van der Waals surface area (Å²) in [5, 5.41) is 14.2. The van der Waals surface area contributed by atoms with Crippen molar-refractivity contribution < 1.29 is 9.47 Å². The number of hydrogen-bond donors (Lipinski definition) is 2. The van der Waals surface area contributed by atoms with E-state index in [0.717, 1.165) is 16.9 Å². The highest BCUT2D eigenvalue weighted by atomic mass is 16.5. The van der Waals surface area contributed by atoms with E-state index in [9.17, 15) is 4.79 Å². The molecule has 2 aromatic heterocycles. The van der Waals surface area contributed by atoms with Crippen LogP contribution in [0.3, 0.4) is 0 Å². The summed E-state index contributed by atoms with van der Waals surface area (Å²) in [5.41, 5.74) is 3.16. The van der Waals surface area contributed by atoms with Crippen LogP contribution in [0.1, 0.15) is 18.4 Å². The van der Waals surface area contributed by atoms with Crippen LogP contribution < -0.4 is 19.9 Å². The van der Waals surface area contributed by atoms with Crippen LogP contribution in [0.15, 0.2) is 65.6 Å². The molecule has 9 nitrogen and oxygen atoms in total. The third-order valence-electron chi connectivity index (χ3n) is 5.64. The van der Waals surface area contributed by atoms with E-state index < -0.39 is 0 Å². The van der Waals surface area contributed by atoms with Gasteiger partial charge in [-0.05, 0) is 66.4 Å². The Balaban J connectivity index is 1.51. The van der Waals surface area contributed by atoms with Crippen molar-refractivity contribution in [3.8, 4) is 22.9 Å². The van der Waals surface area contributed by atoms with Gasteiger partial charge in [-0.1, -0.05) is 6.07 Å². The number of pyridine rings is 1. The van der Waals surface area contributed by atoms with Crippen LogP contribution in [0.4, 0.5) is 11.4 Å². The summed E-state index contributed by atoms with van der Waals surface area (Å²) >= 11 is 0. The van der Waals surface area contributed by atoms with Gasteiger partial charge in [0.1, 0.15) is 0 Å². The summed E-state index contributed by atoms with van der Waals surface area (Å²) in [6, 6.07) is 17.3. The Kier molecular flexibility index (Phi) is 5.75. The van der Waals surface area contributed by atoms with E-state index >= 15 is 0 Å². The number of rotatable bonds is 9. The number of aromatic amines is 2. The minimum absolute atomic E-state index is 0.121. The number of anilines is 2. The lowest BCUT2D eigenvalue weighted by atomic mass is 10.1. The summed E-state index contributed by atoms with van der Waals surface area (Å²) in [6.07, 6.45) is 4.04. The van der Waals surface area contributed by atoms with E-state index in [1.165, 1.54) is 12.8 Å². The third kappa shape index (κ3) is 4.72. The first-order valence-electron chi connectivity index (χ1n) is 10.8. The van der Waals surface area contributed by atoms with E-state index in [0.29, 0.717) is 42.0 Å². The maximum absolute atomic E-state index is 12.4. The van der Waals surface area contributed by atoms with E-state index in [1.807, 2.05) is 54.6 Å². The molecule has 33 heavy (non-hydrogen) atoms. The Hall–Kier alpha value is -4.14. The molecule has 0 unspecified atom stereocenters. The zero-order valence-corrected chi connectivity index (χ0v) is 18.2. The first-order chi connectivity index (χ1) is 16.2. The minimum atomic E-state index is -0.121. The Labute approximate surface area is 190 Å². The molecule has 0 radical (unpaired) electrons. The minimum Gasteiger partial charge on any atom is -0.493 e. The molecule has 0 atom stereocenters. The number of ether oxygens (including phenoxy) is 2. The van der Waals surface area contributed by atoms with Gasteiger partial charge in [0.05, 0.1) is 20.3 Å². The van der Waals surface area contributed by atoms with Crippen LogP contribution in [-0.2, 0) is 6.54 Å². The number of tetrazole rings is 1. The highest BCUT2D eigenvalue weighted by Gasteiger charge is 2.23. The van der Waals surface area contributed by atoms with Crippen molar-refractivity contribution in [2.24, 2.45) is 5.92 Å². The van der Waals surface area contributed by atoms with E-state index in [2.05, 4.69) is 30.5 Å². The van der Waals surface area contributed by atoms with Gasteiger partial charge in [0.15, 0.2) is 11.5 Å². The van der Waals surface area contributed by atoms with Gasteiger partial charge in [-0.2, -0.15) is 5.21 Å². The zero-order valence-electron chi connectivity index (χ0n) is 18.2. The summed E-state index contributed by atoms with van der Waals surface area (Å²) in [6.45, 7) is 1.06. The Bertz CT molecular complexity index is 1270. The SMILES string of the molecule is COc1ccc(N(Cc2ccc[nH]c2=O)c2ccc(-c3nn[nH]n3)cc2)cc1OCC1CC1. The molecule has 4 aromatic rings. The van der Waals surface area contributed by atoms with Gasteiger partial charge < -0.3 is 19.4 Å². The zero-order chi connectivity index (χ0) is 22.6. The number of nitrogens with one attached hydrogen (secondary N) is 2. The lowest BCUT2D eigenvalue weighted by molar-refractivity contribution is 0.280. The predicted molar refractivity (Wildman–Crippen MR) is 124 cm³/mol. The van der Waals surface area contributed by atoms with Crippen molar-refractivity contribution in [3.63, 3.8) is 0 Å². The van der Waals surface area contributed by atoms with E-state index in [1.54, 1.807) is 13.3 Å². The molecule has 1 aliphatic rings. The van der Waals surface area contributed by atoms with Crippen molar-refractivity contribution >= 4 is 11.4 Å². The van der Waals surface area contributed by atoms with Gasteiger partial charge in [-0.3, -0.25) is 4.79 Å². The van der Waals surface area contributed by atoms with Crippen molar-refractivity contribution in [1.29, 1.82) is 0 Å². The summed E-state index contributed by atoms with van der Waals surface area (Å²) in [5.74, 6) is 2.52. The topological polar surface area (TPSA) is 109 Å². The van der Waals surface area contributed by atoms with Crippen LogP contribution in [0.2, 0.25) is 0 Å². The van der Waals surface area contributed by atoms with E-state index in [4.69, 9.17) is 9.47 Å². The molecule has 0 saturated heterocycles. The lowest BCUT2D eigenvalue weighted by Crippen LogP contribution is -2.22. The average Bonchev–Trinajstić information content (AvgIpc) is 3.52. The molecular formula is C24H24N6O3. The largest absolute Gasteiger partial charge is 0.493 e. The molecule has 0 bridgehead atoms. The smallest absolute Gasteiger partial charge is 0.252 e. The number of benzene rings is 2. The average molecular weight is 444 g/mol. The standard InChI is InChI=1S/C24H24N6O3/c1-32-21-11-10-20(13-22(21)33-15-16-4-5-16)30(14-18-3-2-12-25-24(18)31)19-8-6-17(7-9-19)23-26-28-29-27-23/h2-3,6-13,16H,4-5,14-15H2,1H3,(H,25,31)(H,26,27,28,29). The second kappa shape index (κ2) is 9.15. The summed E-state index contributed by atoms with van der Waals surface area (Å²) < 4.78 is 11.6. The molecule has 0 aliphatic heterocycles. The fourth-order valence-corrected chi connectivity index (χ4v) is 3.60. The fourth-order valence-electron chi connectivity index (χ4n) is 3.60. The molecule has 2 heterocycles. The van der Waals surface area contributed by atoms with Crippen molar-refractivity contribution in [1.82, 2.24) is 25.6 Å². The van der Waals surface area contributed by atoms with E-state index in [-0.39, 0.29) is 5.56 Å².